The fraction of sp³-hybridized carbons (Fsp3) is 0.300. The molecule has 2 aromatic rings. The van der Waals surface area contributed by atoms with Crippen molar-refractivity contribution in [2.75, 3.05) is 0 Å². The van der Waals surface area contributed by atoms with Crippen LogP contribution in [-0.2, 0) is 9.59 Å². The average Bonchev–Trinajstić information content (AvgIpc) is 2.56. The van der Waals surface area contributed by atoms with Gasteiger partial charge in [-0.2, -0.15) is 0 Å². The van der Waals surface area contributed by atoms with Gasteiger partial charge in [0.15, 0.2) is 0 Å². The van der Waals surface area contributed by atoms with E-state index in [9.17, 15) is 9.59 Å². The van der Waals surface area contributed by atoms with E-state index in [0.717, 1.165) is 11.1 Å². The molecule has 0 unspecified atom stereocenters. The van der Waals surface area contributed by atoms with Crippen LogP contribution < -0.4 is 11.1 Å². The Morgan fingerprint density at radius 3 is 1.75 bits per heavy atom. The molecule has 1 atom stereocenters. The Kier molecular flexibility index (Phi) is 6.13. The van der Waals surface area contributed by atoms with Gasteiger partial charge in [-0.05, 0) is 23.5 Å². The molecule has 0 aliphatic carbocycles. The molecule has 3 N–H and O–H groups in total. The molecular formula is C20H24N2O2. The predicted octanol–water partition coefficient (Wildman–Crippen LogP) is 2.83. The lowest BCUT2D eigenvalue weighted by atomic mass is 9.90. The monoisotopic (exact) mass is 324 g/mol. The first-order chi connectivity index (χ1) is 11.5. The van der Waals surface area contributed by atoms with Crippen molar-refractivity contribution in [3.63, 3.8) is 0 Å². The summed E-state index contributed by atoms with van der Waals surface area (Å²) in [5.74, 6) is -0.926. The quantitative estimate of drug-likeness (QED) is 0.822. The molecule has 0 aliphatic heterocycles. The molecule has 0 aromatic heterocycles. The van der Waals surface area contributed by atoms with Crippen molar-refractivity contribution >= 4 is 11.8 Å². The minimum Gasteiger partial charge on any atom is -0.368 e. The maximum absolute atomic E-state index is 12.9. The van der Waals surface area contributed by atoms with Gasteiger partial charge in [0.2, 0.25) is 11.8 Å². The van der Waals surface area contributed by atoms with Gasteiger partial charge in [0, 0.05) is 0 Å². The summed E-state index contributed by atoms with van der Waals surface area (Å²) < 4.78 is 0. The number of rotatable bonds is 7. The van der Waals surface area contributed by atoms with Crippen molar-refractivity contribution in [3.05, 3.63) is 71.8 Å². The summed E-state index contributed by atoms with van der Waals surface area (Å²) in [6.45, 7) is 3.99. The third-order valence-corrected chi connectivity index (χ3v) is 3.90. The normalized spacial score (nSPS) is 12.2. The topological polar surface area (TPSA) is 72.2 Å². The molecule has 0 saturated heterocycles. The van der Waals surface area contributed by atoms with Crippen LogP contribution in [0.15, 0.2) is 60.7 Å². The Balaban J connectivity index is 2.30. The van der Waals surface area contributed by atoms with E-state index in [1.54, 1.807) is 0 Å². The van der Waals surface area contributed by atoms with Gasteiger partial charge in [-0.25, -0.2) is 0 Å². The van der Waals surface area contributed by atoms with E-state index in [0.29, 0.717) is 6.42 Å². The molecule has 0 heterocycles. The molecule has 2 aromatic carbocycles. The smallest absolute Gasteiger partial charge is 0.240 e. The van der Waals surface area contributed by atoms with Crippen LogP contribution in [0.3, 0.4) is 0 Å². The van der Waals surface area contributed by atoms with Crippen LogP contribution in [0.1, 0.15) is 37.3 Å². The number of nitrogens with two attached hydrogens (primary N) is 1. The second-order valence-electron chi connectivity index (χ2n) is 6.35. The lowest BCUT2D eigenvalue weighted by molar-refractivity contribution is -0.128. The molecular weight excluding hydrogens is 300 g/mol. The second-order valence-corrected chi connectivity index (χ2v) is 6.35. The minimum atomic E-state index is -0.660. The molecule has 0 radical (unpaired) electrons. The molecule has 24 heavy (non-hydrogen) atoms. The van der Waals surface area contributed by atoms with E-state index in [1.807, 2.05) is 74.5 Å². The number of amides is 2. The van der Waals surface area contributed by atoms with Crippen LogP contribution in [-0.4, -0.2) is 17.9 Å². The maximum Gasteiger partial charge on any atom is 0.240 e. The molecule has 4 heteroatoms. The summed E-state index contributed by atoms with van der Waals surface area (Å²) in [4.78, 5) is 24.6. The first-order valence-electron chi connectivity index (χ1n) is 8.18. The first kappa shape index (κ1) is 17.7. The van der Waals surface area contributed by atoms with Gasteiger partial charge in [0.05, 0.1) is 5.92 Å². The average molecular weight is 324 g/mol. The molecule has 2 amide bonds. The highest BCUT2D eigenvalue weighted by Crippen LogP contribution is 2.25. The lowest BCUT2D eigenvalue weighted by Gasteiger charge is -2.22. The Labute approximate surface area is 143 Å². The van der Waals surface area contributed by atoms with Crippen LogP contribution >= 0.6 is 0 Å². The number of benzene rings is 2. The minimum absolute atomic E-state index is 0.211. The van der Waals surface area contributed by atoms with Gasteiger partial charge in [-0.1, -0.05) is 74.5 Å². The van der Waals surface area contributed by atoms with Crippen molar-refractivity contribution in [2.45, 2.75) is 32.2 Å². The van der Waals surface area contributed by atoms with E-state index in [-0.39, 0.29) is 11.8 Å². The fourth-order valence-electron chi connectivity index (χ4n) is 2.76. The summed E-state index contributed by atoms with van der Waals surface area (Å²) in [6, 6.07) is 18.4. The lowest BCUT2D eigenvalue weighted by Crippen LogP contribution is -2.47. The zero-order chi connectivity index (χ0) is 17.5. The molecule has 126 valence electrons. The van der Waals surface area contributed by atoms with Gasteiger partial charge in [-0.15, -0.1) is 0 Å². The highest BCUT2D eigenvalue weighted by Gasteiger charge is 2.27. The molecule has 0 aliphatic rings. The summed E-state index contributed by atoms with van der Waals surface area (Å²) >= 11 is 0. The van der Waals surface area contributed by atoms with Crippen molar-refractivity contribution in [2.24, 2.45) is 11.7 Å². The van der Waals surface area contributed by atoms with Crippen molar-refractivity contribution in [3.8, 4) is 0 Å². The van der Waals surface area contributed by atoms with Crippen LogP contribution in [0.4, 0.5) is 0 Å². The Morgan fingerprint density at radius 2 is 1.38 bits per heavy atom. The fourth-order valence-corrected chi connectivity index (χ4v) is 2.76. The van der Waals surface area contributed by atoms with Crippen LogP contribution in [0, 0.1) is 5.92 Å². The Morgan fingerprint density at radius 1 is 0.917 bits per heavy atom. The van der Waals surface area contributed by atoms with Gasteiger partial charge in [-0.3, -0.25) is 9.59 Å². The zero-order valence-electron chi connectivity index (χ0n) is 14.1. The summed E-state index contributed by atoms with van der Waals surface area (Å²) in [7, 11) is 0. The van der Waals surface area contributed by atoms with Crippen molar-refractivity contribution in [1.29, 1.82) is 0 Å². The number of hydrogen-bond acceptors (Lipinski definition) is 2. The highest BCUT2D eigenvalue weighted by atomic mass is 16.2. The van der Waals surface area contributed by atoms with Gasteiger partial charge < -0.3 is 11.1 Å². The zero-order valence-corrected chi connectivity index (χ0v) is 14.1. The van der Waals surface area contributed by atoms with Crippen molar-refractivity contribution in [1.82, 2.24) is 5.32 Å². The molecule has 0 spiro atoms. The summed E-state index contributed by atoms with van der Waals surface area (Å²) in [5.41, 5.74) is 7.22. The maximum atomic E-state index is 12.9. The number of carbonyl (C=O) groups is 2. The van der Waals surface area contributed by atoms with Crippen LogP contribution in [0.2, 0.25) is 0 Å². The second kappa shape index (κ2) is 8.29. The number of carbonyl (C=O) groups excluding carboxylic acids is 2. The molecule has 0 saturated carbocycles. The van der Waals surface area contributed by atoms with Crippen LogP contribution in [0.5, 0.6) is 0 Å². The Hall–Kier alpha value is -2.62. The highest BCUT2D eigenvalue weighted by molar-refractivity contribution is 5.91. The first-order valence-corrected chi connectivity index (χ1v) is 8.18. The molecule has 0 bridgehead atoms. The van der Waals surface area contributed by atoms with E-state index in [4.69, 9.17) is 5.73 Å². The number of hydrogen-bond donors (Lipinski definition) is 2. The third kappa shape index (κ3) is 4.69. The standard InChI is InChI=1S/C20H24N2O2/c1-14(2)13-17(19(21)23)22-20(24)18(15-9-5-3-6-10-15)16-11-7-4-8-12-16/h3-12,14,17-18H,13H2,1-2H3,(H2,21,23)(H,22,24)/t17-/m1/s1. The van der Waals surface area contributed by atoms with Gasteiger partial charge in [0.1, 0.15) is 6.04 Å². The third-order valence-electron chi connectivity index (χ3n) is 3.90. The Bertz CT molecular complexity index is 629. The predicted molar refractivity (Wildman–Crippen MR) is 95.3 cm³/mol. The van der Waals surface area contributed by atoms with E-state index in [1.165, 1.54) is 0 Å². The molecule has 0 fully saturated rings. The van der Waals surface area contributed by atoms with Gasteiger partial charge in [0.25, 0.3) is 0 Å². The molecule has 4 nitrogen and oxygen atoms in total. The van der Waals surface area contributed by atoms with E-state index in [2.05, 4.69) is 5.32 Å². The number of primary amides is 1. The van der Waals surface area contributed by atoms with Gasteiger partial charge >= 0.3 is 0 Å². The van der Waals surface area contributed by atoms with Crippen LogP contribution in [0.25, 0.3) is 0 Å². The van der Waals surface area contributed by atoms with E-state index >= 15 is 0 Å². The molecule has 2 rings (SSSR count). The summed E-state index contributed by atoms with van der Waals surface area (Å²) in [5, 5.41) is 2.83. The van der Waals surface area contributed by atoms with E-state index < -0.39 is 17.9 Å². The number of nitrogens with one attached hydrogen (secondary N) is 1. The summed E-state index contributed by atoms with van der Waals surface area (Å²) in [6.07, 6.45) is 0.525. The SMILES string of the molecule is CC(C)C[C@@H](NC(=O)C(c1ccccc1)c1ccccc1)C(N)=O. The largest absolute Gasteiger partial charge is 0.368 e. The van der Waals surface area contributed by atoms with Crippen molar-refractivity contribution < 1.29 is 9.59 Å².